The Labute approximate surface area is 199 Å². The van der Waals surface area contributed by atoms with Crippen LogP contribution < -0.4 is 20.9 Å². The largest absolute Gasteiger partial charge is 0.368 e. The lowest BCUT2D eigenvalue weighted by Gasteiger charge is -2.29. The predicted octanol–water partition coefficient (Wildman–Crippen LogP) is 3.69. The summed E-state index contributed by atoms with van der Waals surface area (Å²) in [5.41, 5.74) is 5.26. The molecule has 10 heteroatoms. The molecule has 5 rings (SSSR count). The van der Waals surface area contributed by atoms with Gasteiger partial charge in [0.25, 0.3) is 0 Å². The Hall–Kier alpha value is -3.43. The average molecular weight is 466 g/mol. The maximum Gasteiger partial charge on any atom is 0.230 e. The number of hydrogen-bond donors (Lipinski definition) is 3. The number of benzene rings is 1. The van der Waals surface area contributed by atoms with Crippen LogP contribution in [0.5, 0.6) is 0 Å². The number of nitrogens with zero attached hydrogens (tertiary/aromatic N) is 6. The van der Waals surface area contributed by atoms with Crippen molar-refractivity contribution in [1.82, 2.24) is 30.0 Å². The van der Waals surface area contributed by atoms with Crippen LogP contribution in [-0.4, -0.2) is 50.9 Å². The highest BCUT2D eigenvalue weighted by Crippen LogP contribution is 2.28. The van der Waals surface area contributed by atoms with Gasteiger partial charge in [0.05, 0.1) is 17.3 Å². The number of aryl methyl sites for hydroxylation is 3. The zero-order valence-corrected chi connectivity index (χ0v) is 19.8. The Morgan fingerprint density at radius 3 is 2.39 bits per heavy atom. The fourth-order valence-electron chi connectivity index (χ4n) is 4.01. The molecule has 0 radical (unpaired) electrons. The summed E-state index contributed by atoms with van der Waals surface area (Å²) in [4.78, 5) is 16.0. The Balaban J connectivity index is 0.00000259. The summed E-state index contributed by atoms with van der Waals surface area (Å²) >= 11 is 0. The third-order valence-electron chi connectivity index (χ3n) is 5.77. The minimum atomic E-state index is 0. The Bertz CT molecular complexity index is 1230. The van der Waals surface area contributed by atoms with Gasteiger partial charge < -0.3 is 20.9 Å². The smallest absolute Gasteiger partial charge is 0.230 e. The molecule has 1 aliphatic rings. The lowest BCUT2D eigenvalue weighted by atomic mass is 10.1. The van der Waals surface area contributed by atoms with E-state index in [1.54, 1.807) is 10.9 Å². The van der Waals surface area contributed by atoms with Crippen molar-refractivity contribution >= 4 is 52.4 Å². The minimum absolute atomic E-state index is 0. The molecule has 1 fully saturated rings. The van der Waals surface area contributed by atoms with E-state index in [1.165, 1.54) is 11.1 Å². The summed E-state index contributed by atoms with van der Waals surface area (Å²) in [7, 11) is 1.88. The highest BCUT2D eigenvalue weighted by molar-refractivity contribution is 5.90. The van der Waals surface area contributed by atoms with Crippen molar-refractivity contribution in [3.8, 4) is 0 Å². The molecule has 1 aromatic carbocycles. The highest BCUT2D eigenvalue weighted by atomic mass is 35.5. The molecule has 0 aliphatic carbocycles. The van der Waals surface area contributed by atoms with Crippen molar-refractivity contribution < 1.29 is 0 Å². The van der Waals surface area contributed by atoms with Gasteiger partial charge in [0.15, 0.2) is 11.5 Å². The summed E-state index contributed by atoms with van der Waals surface area (Å²) < 4.78 is 1.76. The Kier molecular flexibility index (Phi) is 6.62. The normalized spacial score (nSPS) is 13.6. The van der Waals surface area contributed by atoms with Gasteiger partial charge in [-0.05, 0) is 37.1 Å². The van der Waals surface area contributed by atoms with Crippen molar-refractivity contribution in [2.45, 2.75) is 13.8 Å². The number of anilines is 5. The first kappa shape index (κ1) is 22.8. The summed E-state index contributed by atoms with van der Waals surface area (Å²) in [6.45, 7) is 8.15. The Morgan fingerprint density at radius 1 is 0.939 bits per heavy atom. The van der Waals surface area contributed by atoms with Crippen LogP contribution in [0.2, 0.25) is 0 Å². The zero-order valence-electron chi connectivity index (χ0n) is 19.0. The van der Waals surface area contributed by atoms with E-state index in [0.717, 1.165) is 54.4 Å². The number of nitrogens with one attached hydrogen (secondary N) is 3. The molecule has 3 N–H and O–H groups in total. The number of pyridine rings is 1. The van der Waals surface area contributed by atoms with E-state index < -0.39 is 0 Å². The van der Waals surface area contributed by atoms with E-state index in [2.05, 4.69) is 79.0 Å². The van der Waals surface area contributed by atoms with Crippen molar-refractivity contribution in [3.63, 3.8) is 0 Å². The molecule has 4 heterocycles. The first-order valence-corrected chi connectivity index (χ1v) is 10.8. The standard InChI is InChI=1S/C23H27N9.ClH/c1-15-5-4-6-16(2)20(15)28-21-18-14-26-23(29-22(18)31(3)30-21)27-19-8-7-17(13-25-19)32-11-9-24-10-12-32;/h4-8,13-14,24H,9-12H2,1-3H3,(H,28,30)(H,25,26,27,29);1H. The van der Waals surface area contributed by atoms with Crippen molar-refractivity contribution in [3.05, 3.63) is 53.9 Å². The quantitative estimate of drug-likeness (QED) is 0.410. The molecular weight excluding hydrogens is 438 g/mol. The van der Waals surface area contributed by atoms with E-state index in [9.17, 15) is 0 Å². The van der Waals surface area contributed by atoms with E-state index in [-0.39, 0.29) is 12.4 Å². The van der Waals surface area contributed by atoms with Crippen LogP contribution in [0.4, 0.5) is 29.0 Å². The van der Waals surface area contributed by atoms with Crippen LogP contribution in [-0.2, 0) is 7.05 Å². The van der Waals surface area contributed by atoms with Gasteiger partial charge in [-0.1, -0.05) is 18.2 Å². The molecule has 0 unspecified atom stereocenters. The van der Waals surface area contributed by atoms with Crippen LogP contribution in [0.25, 0.3) is 11.0 Å². The number of hydrogen-bond acceptors (Lipinski definition) is 8. The van der Waals surface area contributed by atoms with Gasteiger partial charge in [0.1, 0.15) is 5.82 Å². The van der Waals surface area contributed by atoms with Gasteiger partial charge in [0.2, 0.25) is 5.95 Å². The molecule has 0 spiro atoms. The minimum Gasteiger partial charge on any atom is -0.368 e. The molecule has 172 valence electrons. The fourth-order valence-corrected chi connectivity index (χ4v) is 4.01. The Morgan fingerprint density at radius 2 is 1.70 bits per heavy atom. The zero-order chi connectivity index (χ0) is 22.1. The first-order chi connectivity index (χ1) is 15.6. The molecule has 33 heavy (non-hydrogen) atoms. The number of piperazine rings is 1. The average Bonchev–Trinajstić information content (AvgIpc) is 3.12. The lowest BCUT2D eigenvalue weighted by molar-refractivity contribution is 0.589. The second kappa shape index (κ2) is 9.60. The second-order valence-corrected chi connectivity index (χ2v) is 8.06. The highest BCUT2D eigenvalue weighted by Gasteiger charge is 2.15. The first-order valence-electron chi connectivity index (χ1n) is 10.8. The molecule has 0 atom stereocenters. The molecule has 0 bridgehead atoms. The number of aromatic nitrogens is 5. The SMILES string of the molecule is Cc1cccc(C)c1Nc1nn(C)c2nc(Nc3ccc(N4CCNCC4)cn3)ncc12.Cl. The van der Waals surface area contributed by atoms with Gasteiger partial charge in [-0.2, -0.15) is 10.1 Å². The molecule has 3 aromatic heterocycles. The van der Waals surface area contributed by atoms with Gasteiger partial charge in [-0.25, -0.2) is 14.6 Å². The van der Waals surface area contributed by atoms with Gasteiger partial charge in [-0.15, -0.1) is 12.4 Å². The van der Waals surface area contributed by atoms with Crippen LogP contribution in [0.3, 0.4) is 0 Å². The van der Waals surface area contributed by atoms with Crippen LogP contribution in [0.1, 0.15) is 11.1 Å². The molecular formula is C23H28ClN9. The monoisotopic (exact) mass is 465 g/mol. The maximum absolute atomic E-state index is 4.67. The molecule has 1 saturated heterocycles. The number of fused-ring (bicyclic) bond motifs is 1. The predicted molar refractivity (Wildman–Crippen MR) is 135 cm³/mol. The summed E-state index contributed by atoms with van der Waals surface area (Å²) in [6, 6.07) is 10.3. The summed E-state index contributed by atoms with van der Waals surface area (Å²) in [5.74, 6) is 1.94. The third kappa shape index (κ3) is 4.69. The number of halogens is 1. The van der Waals surface area contributed by atoms with E-state index in [1.807, 2.05) is 19.3 Å². The molecule has 0 amide bonds. The van der Waals surface area contributed by atoms with Crippen molar-refractivity contribution in [2.24, 2.45) is 7.05 Å². The van der Waals surface area contributed by atoms with Gasteiger partial charge >= 0.3 is 0 Å². The molecule has 0 saturated carbocycles. The van der Waals surface area contributed by atoms with Crippen molar-refractivity contribution in [2.75, 3.05) is 41.7 Å². The molecule has 1 aliphatic heterocycles. The number of rotatable bonds is 5. The lowest BCUT2D eigenvalue weighted by Crippen LogP contribution is -2.43. The van der Waals surface area contributed by atoms with E-state index in [4.69, 9.17) is 0 Å². The summed E-state index contributed by atoms with van der Waals surface area (Å²) in [6.07, 6.45) is 3.69. The van der Waals surface area contributed by atoms with Gasteiger partial charge in [0, 0.05) is 45.1 Å². The van der Waals surface area contributed by atoms with Crippen LogP contribution in [0, 0.1) is 13.8 Å². The molecule has 9 nitrogen and oxygen atoms in total. The fraction of sp³-hybridized carbons (Fsp3) is 0.304. The summed E-state index contributed by atoms with van der Waals surface area (Å²) in [5, 5.41) is 15.5. The van der Waals surface area contributed by atoms with E-state index in [0.29, 0.717) is 11.8 Å². The van der Waals surface area contributed by atoms with Crippen LogP contribution >= 0.6 is 12.4 Å². The van der Waals surface area contributed by atoms with E-state index >= 15 is 0 Å². The molecule has 4 aromatic rings. The third-order valence-corrected chi connectivity index (χ3v) is 5.77. The van der Waals surface area contributed by atoms with Gasteiger partial charge in [-0.3, -0.25) is 0 Å². The second-order valence-electron chi connectivity index (χ2n) is 8.06. The number of para-hydroxylation sites is 1. The topological polar surface area (TPSA) is 95.8 Å². The van der Waals surface area contributed by atoms with Crippen molar-refractivity contribution in [1.29, 1.82) is 0 Å². The maximum atomic E-state index is 4.67. The van der Waals surface area contributed by atoms with Crippen LogP contribution in [0.15, 0.2) is 42.7 Å².